The van der Waals surface area contributed by atoms with E-state index in [1.165, 1.54) is 94.7 Å². The molecule has 0 radical (unpaired) electrons. The van der Waals surface area contributed by atoms with Crippen LogP contribution in [0.4, 0.5) is 0 Å². The van der Waals surface area contributed by atoms with E-state index in [-0.39, 0.29) is 0 Å². The van der Waals surface area contributed by atoms with E-state index in [9.17, 15) is 0 Å². The molecule has 0 saturated carbocycles. The molecule has 0 saturated heterocycles. The SMILES string of the molecule is CCCCCCCCc1ccc(-c2ncc(CCCCCCCCC(C)C)cn2)cn1. The zero-order valence-corrected chi connectivity index (χ0v) is 20.4. The van der Waals surface area contributed by atoms with Crippen molar-refractivity contribution in [1.82, 2.24) is 15.0 Å². The molecule has 0 unspecified atom stereocenters. The van der Waals surface area contributed by atoms with Gasteiger partial charge >= 0.3 is 0 Å². The van der Waals surface area contributed by atoms with Crippen LogP contribution >= 0.6 is 0 Å². The fourth-order valence-corrected chi connectivity index (χ4v) is 4.01. The molecule has 0 N–H and O–H groups in total. The lowest BCUT2D eigenvalue weighted by molar-refractivity contribution is 0.511. The Morgan fingerprint density at radius 3 is 1.87 bits per heavy atom. The highest BCUT2D eigenvalue weighted by Crippen LogP contribution is 2.16. The summed E-state index contributed by atoms with van der Waals surface area (Å²) < 4.78 is 0. The molecule has 0 amide bonds. The predicted octanol–water partition coefficient (Wildman–Crippen LogP) is 8.37. The Hall–Kier alpha value is -1.77. The normalized spacial score (nSPS) is 11.4. The number of rotatable bonds is 17. The highest BCUT2D eigenvalue weighted by molar-refractivity contribution is 5.53. The second-order valence-electron chi connectivity index (χ2n) is 9.52. The Bertz CT molecular complexity index is 676. The lowest BCUT2D eigenvalue weighted by atomic mass is 10.0. The first kappa shape index (κ1) is 25.5. The van der Waals surface area contributed by atoms with Crippen LogP contribution in [0.15, 0.2) is 30.7 Å². The Kier molecular flexibility index (Phi) is 13.1. The molecule has 0 aliphatic rings. The largest absolute Gasteiger partial charge is 0.261 e. The number of unbranched alkanes of at least 4 members (excludes halogenated alkanes) is 10. The van der Waals surface area contributed by atoms with Crippen LogP contribution in [-0.4, -0.2) is 15.0 Å². The summed E-state index contributed by atoms with van der Waals surface area (Å²) in [4.78, 5) is 13.8. The summed E-state index contributed by atoms with van der Waals surface area (Å²) >= 11 is 0. The molecule has 0 bridgehead atoms. The number of hydrogen-bond donors (Lipinski definition) is 0. The predicted molar refractivity (Wildman–Crippen MR) is 133 cm³/mol. The first-order valence-corrected chi connectivity index (χ1v) is 12.9. The van der Waals surface area contributed by atoms with Crippen molar-refractivity contribution in [3.63, 3.8) is 0 Å². The van der Waals surface area contributed by atoms with Crippen molar-refractivity contribution >= 4 is 0 Å². The summed E-state index contributed by atoms with van der Waals surface area (Å²) in [7, 11) is 0. The first-order chi connectivity index (χ1) is 15.2. The molecule has 2 aromatic heterocycles. The van der Waals surface area contributed by atoms with Gasteiger partial charge in [0, 0.05) is 29.8 Å². The fraction of sp³-hybridized carbons (Fsp3) is 0.679. The van der Waals surface area contributed by atoms with Gasteiger partial charge in [0.2, 0.25) is 0 Å². The maximum absolute atomic E-state index is 4.63. The van der Waals surface area contributed by atoms with Crippen molar-refractivity contribution in [3.05, 3.63) is 42.0 Å². The van der Waals surface area contributed by atoms with Gasteiger partial charge in [-0.3, -0.25) is 4.98 Å². The molecule has 2 heterocycles. The number of nitrogens with zero attached hydrogens (tertiary/aromatic N) is 3. The second-order valence-corrected chi connectivity index (χ2v) is 9.52. The molecule has 2 rings (SSSR count). The van der Waals surface area contributed by atoms with Gasteiger partial charge in [-0.15, -0.1) is 0 Å². The average Bonchev–Trinajstić information content (AvgIpc) is 2.78. The van der Waals surface area contributed by atoms with E-state index in [1.54, 1.807) is 0 Å². The van der Waals surface area contributed by atoms with Gasteiger partial charge in [-0.2, -0.15) is 0 Å². The highest BCUT2D eigenvalue weighted by atomic mass is 14.9. The van der Waals surface area contributed by atoms with Gasteiger partial charge in [0.1, 0.15) is 0 Å². The number of pyridine rings is 1. The molecule has 2 aromatic rings. The summed E-state index contributed by atoms with van der Waals surface area (Å²) in [5.41, 5.74) is 3.44. The van der Waals surface area contributed by atoms with Crippen LogP contribution in [0.5, 0.6) is 0 Å². The van der Waals surface area contributed by atoms with Gasteiger partial charge in [0.05, 0.1) is 0 Å². The minimum atomic E-state index is 0.785. The third-order valence-electron chi connectivity index (χ3n) is 6.07. The van der Waals surface area contributed by atoms with Crippen LogP contribution in [-0.2, 0) is 12.8 Å². The van der Waals surface area contributed by atoms with Crippen LogP contribution in [0.2, 0.25) is 0 Å². The first-order valence-electron chi connectivity index (χ1n) is 12.9. The van der Waals surface area contributed by atoms with Crippen LogP contribution in [0.25, 0.3) is 11.4 Å². The van der Waals surface area contributed by atoms with Gasteiger partial charge in [-0.25, -0.2) is 9.97 Å². The molecule has 172 valence electrons. The molecule has 0 aliphatic carbocycles. The van der Waals surface area contributed by atoms with E-state index in [2.05, 4.69) is 47.9 Å². The Morgan fingerprint density at radius 1 is 0.645 bits per heavy atom. The molecular formula is C28H45N3. The Balaban J connectivity index is 1.63. The average molecular weight is 424 g/mol. The minimum absolute atomic E-state index is 0.785. The van der Waals surface area contributed by atoms with Crippen molar-refractivity contribution in [1.29, 1.82) is 0 Å². The second kappa shape index (κ2) is 15.9. The maximum atomic E-state index is 4.63. The zero-order chi connectivity index (χ0) is 22.2. The molecule has 3 heteroatoms. The Morgan fingerprint density at radius 2 is 1.26 bits per heavy atom. The maximum Gasteiger partial charge on any atom is 0.160 e. The van der Waals surface area contributed by atoms with E-state index >= 15 is 0 Å². The van der Waals surface area contributed by atoms with Crippen LogP contribution < -0.4 is 0 Å². The summed E-state index contributed by atoms with van der Waals surface area (Å²) in [6, 6.07) is 4.26. The van der Waals surface area contributed by atoms with Gasteiger partial charge in [-0.05, 0) is 49.3 Å². The minimum Gasteiger partial charge on any atom is -0.261 e. The summed E-state index contributed by atoms with van der Waals surface area (Å²) in [6.07, 6.45) is 25.5. The van der Waals surface area contributed by atoms with Gasteiger partial charge < -0.3 is 0 Å². The van der Waals surface area contributed by atoms with E-state index in [1.807, 2.05) is 18.6 Å². The molecule has 0 spiro atoms. The van der Waals surface area contributed by atoms with Crippen molar-refractivity contribution < 1.29 is 0 Å². The van der Waals surface area contributed by atoms with Crippen LogP contribution in [0.1, 0.15) is 115 Å². The molecule has 3 nitrogen and oxygen atoms in total. The number of aromatic nitrogens is 3. The number of aryl methyl sites for hydroxylation is 2. The van der Waals surface area contributed by atoms with Crippen molar-refractivity contribution in [2.75, 3.05) is 0 Å². The third kappa shape index (κ3) is 11.4. The smallest absolute Gasteiger partial charge is 0.160 e. The molecule has 0 atom stereocenters. The monoisotopic (exact) mass is 423 g/mol. The molecular weight excluding hydrogens is 378 g/mol. The third-order valence-corrected chi connectivity index (χ3v) is 6.07. The molecule has 0 fully saturated rings. The van der Waals surface area contributed by atoms with Gasteiger partial charge in [0.25, 0.3) is 0 Å². The molecule has 0 aliphatic heterocycles. The number of hydrogen-bond acceptors (Lipinski definition) is 3. The highest BCUT2D eigenvalue weighted by Gasteiger charge is 2.04. The zero-order valence-electron chi connectivity index (χ0n) is 20.4. The van der Waals surface area contributed by atoms with Gasteiger partial charge in [0.15, 0.2) is 5.82 Å². The summed E-state index contributed by atoms with van der Waals surface area (Å²) in [5, 5.41) is 0. The fourth-order valence-electron chi connectivity index (χ4n) is 4.01. The topological polar surface area (TPSA) is 38.7 Å². The Labute approximate surface area is 191 Å². The van der Waals surface area contributed by atoms with Crippen LogP contribution in [0.3, 0.4) is 0 Å². The van der Waals surface area contributed by atoms with E-state index in [0.717, 1.165) is 30.1 Å². The molecule has 31 heavy (non-hydrogen) atoms. The van der Waals surface area contributed by atoms with E-state index in [4.69, 9.17) is 0 Å². The van der Waals surface area contributed by atoms with Crippen LogP contribution in [0, 0.1) is 5.92 Å². The van der Waals surface area contributed by atoms with Crippen molar-refractivity contribution in [3.8, 4) is 11.4 Å². The lowest BCUT2D eigenvalue weighted by Crippen LogP contribution is -1.95. The van der Waals surface area contributed by atoms with Crippen molar-refractivity contribution in [2.24, 2.45) is 5.92 Å². The quantitative estimate of drug-likeness (QED) is 0.240. The summed E-state index contributed by atoms with van der Waals surface area (Å²) in [5.74, 6) is 1.63. The molecule has 0 aromatic carbocycles. The van der Waals surface area contributed by atoms with Crippen molar-refractivity contribution in [2.45, 2.75) is 117 Å². The van der Waals surface area contributed by atoms with E-state index < -0.39 is 0 Å². The lowest BCUT2D eigenvalue weighted by Gasteiger charge is -2.06. The van der Waals surface area contributed by atoms with E-state index in [0.29, 0.717) is 0 Å². The van der Waals surface area contributed by atoms with Gasteiger partial charge in [-0.1, -0.05) is 91.4 Å². The standard InChI is InChI=1S/C28H45N3/c1-4-5-6-7-12-15-18-27-20-19-26(23-29-27)28-30-21-25(22-31-28)17-14-11-9-8-10-13-16-24(2)3/h19-24H,4-18H2,1-3H3. The summed E-state index contributed by atoms with van der Waals surface area (Å²) in [6.45, 7) is 6.90.